The average molecular weight is 406 g/mol. The molecule has 2 heterocycles. The summed E-state index contributed by atoms with van der Waals surface area (Å²) < 4.78 is 5.24. The molecule has 0 aliphatic carbocycles. The molecule has 156 valence electrons. The van der Waals surface area contributed by atoms with Gasteiger partial charge in [-0.2, -0.15) is 15.0 Å². The molecule has 0 atom stereocenters. The fourth-order valence-electron chi connectivity index (χ4n) is 3.56. The van der Waals surface area contributed by atoms with Crippen LogP contribution < -0.4 is 20.7 Å². The zero-order chi connectivity index (χ0) is 20.9. The molecule has 2 aromatic carbocycles. The Balaban J connectivity index is 1.38. The Morgan fingerprint density at radius 2 is 1.70 bits per heavy atom. The van der Waals surface area contributed by atoms with Gasteiger partial charge in [0.15, 0.2) is 0 Å². The smallest absolute Gasteiger partial charge is 0.232 e. The zero-order valence-electron chi connectivity index (χ0n) is 17.4. The largest absolute Gasteiger partial charge is 0.497 e. The summed E-state index contributed by atoms with van der Waals surface area (Å²) in [7, 11) is 1.68. The number of nitrogen functional groups attached to an aromatic ring is 1. The monoisotopic (exact) mass is 405 g/mol. The van der Waals surface area contributed by atoms with Crippen LogP contribution in [0.15, 0.2) is 48.5 Å². The highest BCUT2D eigenvalue weighted by Gasteiger charge is 2.19. The van der Waals surface area contributed by atoms with Crippen molar-refractivity contribution in [3.05, 3.63) is 59.9 Å². The summed E-state index contributed by atoms with van der Waals surface area (Å²) in [5.74, 6) is 2.26. The fraction of sp³-hybridized carbons (Fsp3) is 0.318. The second kappa shape index (κ2) is 8.96. The molecule has 8 heteroatoms. The highest BCUT2D eigenvalue weighted by molar-refractivity contribution is 5.58. The normalized spacial score (nSPS) is 14.5. The van der Waals surface area contributed by atoms with Gasteiger partial charge in [-0.25, -0.2) is 0 Å². The number of ether oxygens (including phenoxy) is 1. The van der Waals surface area contributed by atoms with Crippen LogP contribution in [0.1, 0.15) is 11.4 Å². The lowest BCUT2D eigenvalue weighted by Gasteiger charge is -2.35. The zero-order valence-corrected chi connectivity index (χ0v) is 17.4. The van der Waals surface area contributed by atoms with Gasteiger partial charge in [0, 0.05) is 37.6 Å². The van der Waals surface area contributed by atoms with Gasteiger partial charge in [-0.15, -0.1) is 0 Å². The van der Waals surface area contributed by atoms with E-state index in [0.717, 1.165) is 43.2 Å². The van der Waals surface area contributed by atoms with Crippen molar-refractivity contribution in [3.63, 3.8) is 0 Å². The molecule has 30 heavy (non-hydrogen) atoms. The Kier molecular flexibility index (Phi) is 5.94. The number of nitrogens with one attached hydrogen (secondary N) is 1. The number of rotatable bonds is 6. The van der Waals surface area contributed by atoms with Crippen molar-refractivity contribution in [2.75, 3.05) is 49.2 Å². The first-order valence-electron chi connectivity index (χ1n) is 10.0. The van der Waals surface area contributed by atoms with E-state index < -0.39 is 0 Å². The molecule has 0 saturated carbocycles. The summed E-state index contributed by atoms with van der Waals surface area (Å²) in [6.07, 6.45) is 0. The lowest BCUT2D eigenvalue weighted by Crippen LogP contribution is -2.46. The molecule has 0 bridgehead atoms. The Bertz CT molecular complexity index is 985. The number of aryl methyl sites for hydroxylation is 1. The maximum atomic E-state index is 5.94. The van der Waals surface area contributed by atoms with E-state index in [1.54, 1.807) is 7.11 Å². The molecule has 1 aliphatic heterocycles. The van der Waals surface area contributed by atoms with Crippen LogP contribution in [-0.4, -0.2) is 53.1 Å². The van der Waals surface area contributed by atoms with Gasteiger partial charge < -0.3 is 20.7 Å². The van der Waals surface area contributed by atoms with E-state index in [-0.39, 0.29) is 5.95 Å². The second-order valence-electron chi connectivity index (χ2n) is 7.33. The van der Waals surface area contributed by atoms with Crippen molar-refractivity contribution >= 4 is 23.3 Å². The first-order chi connectivity index (χ1) is 14.6. The van der Waals surface area contributed by atoms with E-state index in [0.29, 0.717) is 18.3 Å². The summed E-state index contributed by atoms with van der Waals surface area (Å²) in [6, 6.07) is 16.2. The molecular formula is C22H27N7O. The maximum absolute atomic E-state index is 5.94. The minimum atomic E-state index is 0.230. The molecule has 1 fully saturated rings. The number of anilines is 4. The highest BCUT2D eigenvalue weighted by atomic mass is 16.5. The van der Waals surface area contributed by atoms with Gasteiger partial charge in [0.05, 0.1) is 13.7 Å². The fourth-order valence-corrected chi connectivity index (χ4v) is 3.56. The predicted molar refractivity (Wildman–Crippen MR) is 119 cm³/mol. The third-order valence-electron chi connectivity index (χ3n) is 5.27. The van der Waals surface area contributed by atoms with E-state index in [4.69, 9.17) is 10.5 Å². The molecule has 0 amide bonds. The summed E-state index contributed by atoms with van der Waals surface area (Å²) in [6.45, 7) is 6.43. The van der Waals surface area contributed by atoms with Gasteiger partial charge >= 0.3 is 0 Å². The molecule has 8 nitrogen and oxygen atoms in total. The summed E-state index contributed by atoms with van der Waals surface area (Å²) in [4.78, 5) is 17.9. The van der Waals surface area contributed by atoms with E-state index in [2.05, 4.69) is 42.2 Å². The lowest BCUT2D eigenvalue weighted by atomic mass is 10.2. The third-order valence-corrected chi connectivity index (χ3v) is 5.27. The van der Waals surface area contributed by atoms with Crippen molar-refractivity contribution < 1.29 is 4.74 Å². The number of benzene rings is 2. The number of piperazine rings is 1. The van der Waals surface area contributed by atoms with Crippen molar-refractivity contribution in [1.82, 2.24) is 19.9 Å². The maximum Gasteiger partial charge on any atom is 0.232 e. The number of para-hydroxylation sites is 1. The summed E-state index contributed by atoms with van der Waals surface area (Å²) in [5, 5.41) is 3.25. The minimum Gasteiger partial charge on any atom is -0.497 e. The van der Waals surface area contributed by atoms with Gasteiger partial charge in [-0.05, 0) is 42.8 Å². The van der Waals surface area contributed by atoms with Crippen LogP contribution in [0.2, 0.25) is 0 Å². The number of hydrogen-bond acceptors (Lipinski definition) is 8. The lowest BCUT2D eigenvalue weighted by molar-refractivity contribution is 0.244. The molecule has 3 N–H and O–H groups in total. The molecule has 0 spiro atoms. The van der Waals surface area contributed by atoms with Crippen LogP contribution in [0.3, 0.4) is 0 Å². The van der Waals surface area contributed by atoms with Gasteiger partial charge in [0.25, 0.3) is 0 Å². The summed E-state index contributed by atoms with van der Waals surface area (Å²) in [5.41, 5.74) is 9.23. The Morgan fingerprint density at radius 3 is 2.40 bits per heavy atom. The van der Waals surface area contributed by atoms with E-state index >= 15 is 0 Å². The highest BCUT2D eigenvalue weighted by Crippen LogP contribution is 2.21. The predicted octanol–water partition coefficient (Wildman–Crippen LogP) is 2.84. The molecule has 4 rings (SSSR count). The molecule has 0 unspecified atom stereocenters. The van der Waals surface area contributed by atoms with Crippen LogP contribution in [0.5, 0.6) is 5.75 Å². The topological polar surface area (TPSA) is 92.4 Å². The Hall–Kier alpha value is -3.39. The molecule has 3 aromatic rings. The molecule has 0 radical (unpaired) electrons. The first-order valence-corrected chi connectivity index (χ1v) is 10.0. The number of hydrogen-bond donors (Lipinski definition) is 2. The van der Waals surface area contributed by atoms with Crippen LogP contribution in [0.4, 0.5) is 23.3 Å². The van der Waals surface area contributed by atoms with Gasteiger partial charge in [0.2, 0.25) is 11.9 Å². The number of methoxy groups -OCH3 is 1. The standard InChI is InChI=1S/C22H27N7O/c1-16-5-3-4-6-19(16)24-22-26-20(25-21(23)27-22)15-28-11-13-29(14-12-28)17-7-9-18(30-2)10-8-17/h3-10H,11-15H2,1-2H3,(H3,23,24,25,26,27). The van der Waals surface area contributed by atoms with Crippen LogP contribution >= 0.6 is 0 Å². The number of nitrogens with two attached hydrogens (primary N) is 1. The molecular weight excluding hydrogens is 378 g/mol. The van der Waals surface area contributed by atoms with E-state index in [1.165, 1.54) is 5.69 Å². The second-order valence-corrected chi connectivity index (χ2v) is 7.33. The number of nitrogens with zero attached hydrogens (tertiary/aromatic N) is 5. The summed E-state index contributed by atoms with van der Waals surface area (Å²) >= 11 is 0. The van der Waals surface area contributed by atoms with Gasteiger partial charge in [0.1, 0.15) is 11.6 Å². The quantitative estimate of drug-likeness (QED) is 0.647. The third kappa shape index (κ3) is 4.77. The SMILES string of the molecule is COc1ccc(N2CCN(Cc3nc(N)nc(Nc4ccccc4C)n3)CC2)cc1. The van der Waals surface area contributed by atoms with Gasteiger partial charge in [-0.3, -0.25) is 4.90 Å². The van der Waals surface area contributed by atoms with Crippen LogP contribution in [0, 0.1) is 6.92 Å². The van der Waals surface area contributed by atoms with Crippen molar-refractivity contribution in [3.8, 4) is 5.75 Å². The minimum absolute atomic E-state index is 0.230. The van der Waals surface area contributed by atoms with Gasteiger partial charge in [-0.1, -0.05) is 18.2 Å². The number of aromatic nitrogens is 3. The molecule has 1 aromatic heterocycles. The Morgan fingerprint density at radius 1 is 0.967 bits per heavy atom. The van der Waals surface area contributed by atoms with Crippen LogP contribution in [0.25, 0.3) is 0 Å². The first kappa shape index (κ1) is 19.9. The average Bonchev–Trinajstić information content (AvgIpc) is 2.76. The van der Waals surface area contributed by atoms with Crippen LogP contribution in [-0.2, 0) is 6.54 Å². The van der Waals surface area contributed by atoms with E-state index in [9.17, 15) is 0 Å². The Labute approximate surface area is 176 Å². The van der Waals surface area contributed by atoms with E-state index in [1.807, 2.05) is 43.3 Å². The van der Waals surface area contributed by atoms with Crippen molar-refractivity contribution in [2.24, 2.45) is 0 Å². The molecule has 1 saturated heterocycles. The van der Waals surface area contributed by atoms with Crippen molar-refractivity contribution in [1.29, 1.82) is 0 Å². The van der Waals surface area contributed by atoms with Crippen molar-refractivity contribution in [2.45, 2.75) is 13.5 Å². The molecule has 1 aliphatic rings.